The summed E-state index contributed by atoms with van der Waals surface area (Å²) in [7, 11) is 0. The Morgan fingerprint density at radius 1 is 0.382 bits per heavy atom. The highest BCUT2D eigenvalue weighted by Crippen LogP contribution is 2.47. The highest BCUT2D eigenvalue weighted by Gasteiger charge is 2.37. The first-order valence-corrected chi connectivity index (χ1v) is 21.0. The molecule has 0 N–H and O–H groups in total. The van der Waals surface area contributed by atoms with E-state index < -0.39 is 34.5 Å². The standard InChI is InChI=1S/C52H28F5N11/c53-39-5-1-6-40(54)47(39)37-25-45(67-41-21-29(48-59-15-2-16-60-48)7-11-33(41)34-14-10-32(24-42(34)67)51-65-27-58-28-66-51)46(26-38(37)52(55,56)57)68-43-22-30(49-61-17-3-18-62-49)8-12-35(43)36-13-9-31(23-44(36)68)50-63-19-4-20-64-50/h1-28H. The molecule has 6 aromatic carbocycles. The summed E-state index contributed by atoms with van der Waals surface area (Å²) in [6, 6.07) is 32.5. The molecule has 326 valence electrons. The van der Waals surface area contributed by atoms with Gasteiger partial charge in [0.2, 0.25) is 0 Å². The topological polar surface area (TPSA) is 126 Å². The average Bonchev–Trinajstić information content (AvgIpc) is 3.88. The maximum Gasteiger partial charge on any atom is 0.417 e. The van der Waals surface area contributed by atoms with Crippen molar-refractivity contribution in [2.45, 2.75) is 6.18 Å². The number of benzene rings is 6. The van der Waals surface area contributed by atoms with Gasteiger partial charge in [-0.2, -0.15) is 13.2 Å². The lowest BCUT2D eigenvalue weighted by molar-refractivity contribution is -0.137. The second kappa shape index (κ2) is 15.8. The van der Waals surface area contributed by atoms with Gasteiger partial charge in [-0.15, -0.1) is 0 Å². The Kier molecular flexibility index (Phi) is 9.35. The van der Waals surface area contributed by atoms with E-state index in [1.54, 1.807) is 64.5 Å². The first kappa shape index (κ1) is 40.3. The Labute approximate surface area is 381 Å². The van der Waals surface area contributed by atoms with Crippen molar-refractivity contribution in [3.8, 4) is 68.1 Å². The van der Waals surface area contributed by atoms with Gasteiger partial charge in [0.25, 0.3) is 0 Å². The monoisotopic (exact) mass is 901 g/mol. The molecular formula is C52H28F5N11. The third-order valence-electron chi connectivity index (χ3n) is 11.9. The maximum absolute atomic E-state index is 16.1. The molecule has 68 heavy (non-hydrogen) atoms. The highest BCUT2D eigenvalue weighted by molar-refractivity contribution is 6.13. The summed E-state index contributed by atoms with van der Waals surface area (Å²) in [4.78, 5) is 39.7. The van der Waals surface area contributed by atoms with E-state index in [1.165, 1.54) is 18.7 Å². The largest absolute Gasteiger partial charge is 0.417 e. The molecule has 0 aliphatic carbocycles. The molecule has 0 radical (unpaired) electrons. The summed E-state index contributed by atoms with van der Waals surface area (Å²) >= 11 is 0. The third kappa shape index (κ3) is 6.68. The minimum Gasteiger partial charge on any atom is -0.307 e. The fourth-order valence-corrected chi connectivity index (χ4v) is 8.98. The van der Waals surface area contributed by atoms with Crippen molar-refractivity contribution in [2.75, 3.05) is 0 Å². The van der Waals surface area contributed by atoms with Gasteiger partial charge < -0.3 is 9.13 Å². The highest BCUT2D eigenvalue weighted by atomic mass is 19.4. The van der Waals surface area contributed by atoms with Crippen LogP contribution in [0.5, 0.6) is 0 Å². The Balaban J connectivity index is 1.29. The minimum absolute atomic E-state index is 0.0146. The first-order valence-electron chi connectivity index (χ1n) is 21.0. The molecule has 16 heteroatoms. The average molecular weight is 902 g/mol. The van der Waals surface area contributed by atoms with Crippen molar-refractivity contribution in [1.82, 2.24) is 54.0 Å². The maximum atomic E-state index is 16.1. The summed E-state index contributed by atoms with van der Waals surface area (Å²) < 4.78 is 83.6. The van der Waals surface area contributed by atoms with Gasteiger partial charge in [0, 0.05) is 86.5 Å². The molecule has 11 nitrogen and oxygen atoms in total. The molecule has 0 saturated heterocycles. The van der Waals surface area contributed by atoms with Crippen LogP contribution in [-0.2, 0) is 6.18 Å². The Hall–Kier alpha value is -9.18. The molecule has 0 saturated carbocycles. The molecule has 0 atom stereocenters. The van der Waals surface area contributed by atoms with E-state index >= 15 is 22.0 Å². The number of hydrogen-bond acceptors (Lipinski definition) is 9. The van der Waals surface area contributed by atoms with Crippen LogP contribution in [0.1, 0.15) is 5.56 Å². The molecule has 0 aliphatic rings. The summed E-state index contributed by atoms with van der Waals surface area (Å²) in [6.45, 7) is 0. The summed E-state index contributed by atoms with van der Waals surface area (Å²) in [5.41, 5.74) is 1.68. The molecule has 0 bridgehead atoms. The van der Waals surface area contributed by atoms with Crippen LogP contribution in [0.15, 0.2) is 171 Å². The molecule has 0 aliphatic heterocycles. The number of halogens is 5. The number of nitrogens with zero attached hydrogens (tertiary/aromatic N) is 11. The Morgan fingerprint density at radius 2 is 0.735 bits per heavy atom. The zero-order valence-corrected chi connectivity index (χ0v) is 35.0. The van der Waals surface area contributed by atoms with E-state index in [-0.39, 0.29) is 11.4 Å². The molecular weight excluding hydrogens is 874 g/mol. The van der Waals surface area contributed by atoms with Gasteiger partial charge in [-0.05, 0) is 66.7 Å². The summed E-state index contributed by atoms with van der Waals surface area (Å²) in [6.07, 6.45) is 7.24. The molecule has 6 heterocycles. The smallest absolute Gasteiger partial charge is 0.307 e. The zero-order chi connectivity index (χ0) is 46.1. The predicted molar refractivity (Wildman–Crippen MR) is 247 cm³/mol. The fraction of sp³-hybridized carbons (Fsp3) is 0.0192. The molecule has 0 amide bonds. The van der Waals surface area contributed by atoms with Gasteiger partial charge >= 0.3 is 6.18 Å². The van der Waals surface area contributed by atoms with E-state index in [9.17, 15) is 0 Å². The van der Waals surface area contributed by atoms with Gasteiger partial charge in [0.1, 0.15) is 24.3 Å². The van der Waals surface area contributed by atoms with Crippen molar-refractivity contribution in [3.05, 3.63) is 188 Å². The predicted octanol–water partition coefficient (Wildman–Crippen LogP) is 12.1. The lowest BCUT2D eigenvalue weighted by atomic mass is 9.96. The van der Waals surface area contributed by atoms with Crippen molar-refractivity contribution in [1.29, 1.82) is 0 Å². The Morgan fingerprint density at radius 3 is 1.10 bits per heavy atom. The number of alkyl halides is 3. The zero-order valence-electron chi connectivity index (χ0n) is 35.0. The molecule has 6 aromatic heterocycles. The van der Waals surface area contributed by atoms with Crippen LogP contribution in [0, 0.1) is 11.6 Å². The van der Waals surface area contributed by atoms with Crippen LogP contribution >= 0.6 is 0 Å². The van der Waals surface area contributed by atoms with Crippen molar-refractivity contribution in [2.24, 2.45) is 0 Å². The van der Waals surface area contributed by atoms with Gasteiger partial charge in [-0.3, -0.25) is 0 Å². The number of rotatable bonds is 7. The van der Waals surface area contributed by atoms with Gasteiger partial charge in [0.05, 0.1) is 44.6 Å². The van der Waals surface area contributed by atoms with E-state index in [4.69, 9.17) is 0 Å². The van der Waals surface area contributed by atoms with Gasteiger partial charge in [-0.1, -0.05) is 54.6 Å². The van der Waals surface area contributed by atoms with E-state index in [0.29, 0.717) is 89.2 Å². The van der Waals surface area contributed by atoms with E-state index in [0.717, 1.165) is 24.3 Å². The third-order valence-corrected chi connectivity index (χ3v) is 11.9. The normalized spacial score (nSPS) is 11.9. The van der Waals surface area contributed by atoms with Crippen molar-refractivity contribution in [3.63, 3.8) is 0 Å². The first-order chi connectivity index (χ1) is 33.2. The Bertz CT molecular complexity index is 3710. The van der Waals surface area contributed by atoms with Crippen LogP contribution in [0.25, 0.3) is 112 Å². The van der Waals surface area contributed by atoms with E-state index in [2.05, 4.69) is 44.9 Å². The van der Waals surface area contributed by atoms with Crippen LogP contribution < -0.4 is 0 Å². The molecule has 12 rings (SSSR count). The molecule has 12 aromatic rings. The summed E-state index contributed by atoms with van der Waals surface area (Å²) in [5.74, 6) is -0.840. The van der Waals surface area contributed by atoms with Crippen LogP contribution in [0.4, 0.5) is 22.0 Å². The molecule has 0 spiro atoms. The summed E-state index contributed by atoms with van der Waals surface area (Å²) in [5, 5.41) is 2.79. The lowest BCUT2D eigenvalue weighted by Gasteiger charge is -2.23. The van der Waals surface area contributed by atoms with Crippen LogP contribution in [-0.4, -0.2) is 54.0 Å². The van der Waals surface area contributed by atoms with Gasteiger partial charge in [-0.25, -0.2) is 53.6 Å². The minimum atomic E-state index is -5.12. The number of fused-ring (bicyclic) bond motifs is 6. The van der Waals surface area contributed by atoms with E-state index in [1.807, 2.05) is 72.8 Å². The van der Waals surface area contributed by atoms with Gasteiger partial charge in [0.15, 0.2) is 23.3 Å². The van der Waals surface area contributed by atoms with Crippen molar-refractivity contribution >= 4 is 43.6 Å². The second-order valence-electron chi connectivity index (χ2n) is 15.8. The fourth-order valence-electron chi connectivity index (χ4n) is 8.98. The quantitative estimate of drug-likeness (QED) is 0.144. The molecule has 0 fully saturated rings. The second-order valence-corrected chi connectivity index (χ2v) is 15.8. The van der Waals surface area contributed by atoms with Crippen LogP contribution in [0.3, 0.4) is 0 Å². The lowest BCUT2D eigenvalue weighted by Crippen LogP contribution is -2.13. The van der Waals surface area contributed by atoms with Crippen LogP contribution in [0.2, 0.25) is 0 Å². The SMILES string of the molecule is Fc1cccc(F)c1-c1cc(-n2c3cc(-c4ncccn4)ccc3c3ccc(-c4ncncn4)cc32)c(-n2c3cc(-c4ncccn4)ccc3c3ccc(-c4ncccn4)cc32)cc1C(F)(F)F. The number of aromatic nitrogens is 11. The number of hydrogen-bond donors (Lipinski definition) is 0. The molecule has 0 unspecified atom stereocenters. The van der Waals surface area contributed by atoms with Crippen molar-refractivity contribution < 1.29 is 22.0 Å².